The number of anilines is 1. The molecule has 0 bridgehead atoms. The number of guanidine groups is 1. The van der Waals surface area contributed by atoms with Crippen molar-refractivity contribution in [3.8, 4) is 0 Å². The van der Waals surface area contributed by atoms with E-state index in [1.807, 2.05) is 18.8 Å². The minimum atomic E-state index is 0.389. The zero-order chi connectivity index (χ0) is 20.1. The van der Waals surface area contributed by atoms with Gasteiger partial charge in [-0.15, -0.1) is 0 Å². The summed E-state index contributed by atoms with van der Waals surface area (Å²) in [5, 5.41) is 11.8. The Balaban J connectivity index is 1.58. The molecule has 6 nitrogen and oxygen atoms in total. The monoisotopic (exact) mass is 446 g/mol. The zero-order valence-electron chi connectivity index (χ0n) is 17.3. The third kappa shape index (κ3) is 4.69. The molecule has 1 unspecified atom stereocenters. The maximum atomic E-state index is 4.66. The summed E-state index contributed by atoms with van der Waals surface area (Å²) in [7, 11) is 3.87. The third-order valence-corrected chi connectivity index (χ3v) is 5.93. The van der Waals surface area contributed by atoms with E-state index in [1.54, 1.807) is 0 Å². The summed E-state index contributed by atoms with van der Waals surface area (Å²) in [6, 6.07) is 8.92. The van der Waals surface area contributed by atoms with Crippen LogP contribution >= 0.6 is 15.9 Å². The van der Waals surface area contributed by atoms with Crippen molar-refractivity contribution < 1.29 is 0 Å². The van der Waals surface area contributed by atoms with Crippen LogP contribution in [0.15, 0.2) is 33.7 Å². The number of aliphatic imine (C=N–C) groups is 1. The second kappa shape index (κ2) is 9.45. The normalized spacial score (nSPS) is 17.2. The van der Waals surface area contributed by atoms with E-state index in [9.17, 15) is 0 Å². The van der Waals surface area contributed by atoms with Gasteiger partial charge in [0.05, 0.1) is 5.69 Å². The van der Waals surface area contributed by atoms with E-state index in [1.165, 1.54) is 22.6 Å². The molecule has 0 amide bonds. The van der Waals surface area contributed by atoms with Gasteiger partial charge in [0.25, 0.3) is 0 Å². The molecule has 1 fully saturated rings. The molecule has 2 aromatic rings. The van der Waals surface area contributed by atoms with Crippen molar-refractivity contribution in [1.29, 1.82) is 0 Å². The summed E-state index contributed by atoms with van der Waals surface area (Å²) in [5.41, 5.74) is 5.04. The summed E-state index contributed by atoms with van der Waals surface area (Å²) in [5.74, 6) is 0.857. The average Bonchev–Trinajstić information content (AvgIpc) is 3.29. The highest BCUT2D eigenvalue weighted by atomic mass is 79.9. The summed E-state index contributed by atoms with van der Waals surface area (Å²) >= 11 is 3.51. The van der Waals surface area contributed by atoms with Crippen LogP contribution in [0.4, 0.5) is 5.69 Å². The van der Waals surface area contributed by atoms with E-state index in [2.05, 4.69) is 79.7 Å². The van der Waals surface area contributed by atoms with Crippen molar-refractivity contribution in [2.45, 2.75) is 45.7 Å². The standard InChI is InChI=1S/C21H31BrN6/c1-5-19-18(20(6-2)27(4)26-19)13-24-21(23-3)25-16-11-12-28(14-16)17-9-7-15(22)8-10-17/h7-10,16H,5-6,11-14H2,1-4H3,(H2,23,24,25). The number of benzene rings is 1. The fraction of sp³-hybridized carbons (Fsp3) is 0.524. The van der Waals surface area contributed by atoms with E-state index < -0.39 is 0 Å². The number of hydrogen-bond acceptors (Lipinski definition) is 3. The van der Waals surface area contributed by atoms with Crippen LogP contribution in [0.3, 0.4) is 0 Å². The van der Waals surface area contributed by atoms with Crippen LogP contribution in [0.25, 0.3) is 0 Å². The Morgan fingerprint density at radius 2 is 2.00 bits per heavy atom. The Morgan fingerprint density at radius 3 is 2.64 bits per heavy atom. The van der Waals surface area contributed by atoms with Gasteiger partial charge in [-0.2, -0.15) is 5.10 Å². The SMILES string of the molecule is CCc1nn(C)c(CC)c1CNC(=NC)NC1CCN(c2ccc(Br)cc2)C1. The van der Waals surface area contributed by atoms with Crippen molar-refractivity contribution in [2.75, 3.05) is 25.0 Å². The van der Waals surface area contributed by atoms with Crippen molar-refractivity contribution in [2.24, 2.45) is 12.0 Å². The zero-order valence-corrected chi connectivity index (χ0v) is 18.9. The average molecular weight is 447 g/mol. The smallest absolute Gasteiger partial charge is 0.191 e. The Hall–Kier alpha value is -2.02. The number of aryl methyl sites for hydroxylation is 2. The second-order valence-electron chi connectivity index (χ2n) is 7.18. The van der Waals surface area contributed by atoms with Gasteiger partial charge in [0.1, 0.15) is 0 Å². The number of nitrogens with one attached hydrogen (secondary N) is 2. The number of rotatable bonds is 6. The van der Waals surface area contributed by atoms with Crippen molar-refractivity contribution in [3.63, 3.8) is 0 Å². The van der Waals surface area contributed by atoms with Crippen molar-refractivity contribution in [3.05, 3.63) is 45.7 Å². The van der Waals surface area contributed by atoms with Crippen LogP contribution in [-0.2, 0) is 26.4 Å². The van der Waals surface area contributed by atoms with Crippen LogP contribution in [0, 0.1) is 0 Å². The summed E-state index contributed by atoms with van der Waals surface area (Å²) in [4.78, 5) is 6.86. The lowest BCUT2D eigenvalue weighted by Crippen LogP contribution is -2.44. The highest BCUT2D eigenvalue weighted by molar-refractivity contribution is 9.10. The highest BCUT2D eigenvalue weighted by Gasteiger charge is 2.23. The predicted octanol–water partition coefficient (Wildman–Crippen LogP) is 3.25. The minimum Gasteiger partial charge on any atom is -0.369 e. The molecular weight excluding hydrogens is 416 g/mol. The van der Waals surface area contributed by atoms with Gasteiger partial charge in [-0.3, -0.25) is 9.67 Å². The van der Waals surface area contributed by atoms with Crippen LogP contribution in [-0.4, -0.2) is 41.9 Å². The molecule has 28 heavy (non-hydrogen) atoms. The third-order valence-electron chi connectivity index (χ3n) is 5.40. The Morgan fingerprint density at radius 1 is 1.25 bits per heavy atom. The molecule has 2 N–H and O–H groups in total. The largest absolute Gasteiger partial charge is 0.369 e. The molecule has 0 aliphatic carbocycles. The molecular formula is C21H31BrN6. The maximum absolute atomic E-state index is 4.66. The number of nitrogens with zero attached hydrogens (tertiary/aromatic N) is 4. The molecule has 1 atom stereocenters. The van der Waals surface area contributed by atoms with E-state index >= 15 is 0 Å². The molecule has 1 saturated heterocycles. The van der Waals surface area contributed by atoms with Gasteiger partial charge in [-0.1, -0.05) is 29.8 Å². The van der Waals surface area contributed by atoms with Crippen LogP contribution in [0.5, 0.6) is 0 Å². The molecule has 0 spiro atoms. The topological polar surface area (TPSA) is 57.5 Å². The summed E-state index contributed by atoms with van der Waals surface area (Å²) in [6.07, 6.45) is 3.03. The maximum Gasteiger partial charge on any atom is 0.191 e. The molecule has 2 heterocycles. The molecule has 3 rings (SSSR count). The Kier molecular flexibility index (Phi) is 6.99. The van der Waals surface area contributed by atoms with Gasteiger partial charge in [0.2, 0.25) is 0 Å². The van der Waals surface area contributed by atoms with Crippen molar-refractivity contribution in [1.82, 2.24) is 20.4 Å². The van der Waals surface area contributed by atoms with Gasteiger partial charge in [-0.25, -0.2) is 0 Å². The van der Waals surface area contributed by atoms with E-state index in [4.69, 9.17) is 0 Å². The molecule has 7 heteroatoms. The first-order valence-corrected chi connectivity index (χ1v) is 10.9. The van der Waals surface area contributed by atoms with Gasteiger partial charge >= 0.3 is 0 Å². The van der Waals surface area contributed by atoms with Crippen LogP contribution in [0.1, 0.15) is 37.2 Å². The molecule has 0 radical (unpaired) electrons. The van der Waals surface area contributed by atoms with Crippen LogP contribution in [0.2, 0.25) is 0 Å². The number of halogens is 1. The van der Waals surface area contributed by atoms with Crippen LogP contribution < -0.4 is 15.5 Å². The second-order valence-corrected chi connectivity index (χ2v) is 8.10. The lowest BCUT2D eigenvalue weighted by Gasteiger charge is -2.20. The van der Waals surface area contributed by atoms with E-state index in [0.717, 1.165) is 49.3 Å². The first-order valence-electron chi connectivity index (χ1n) is 10.1. The van der Waals surface area contributed by atoms with Gasteiger partial charge in [-0.05, 0) is 43.5 Å². The molecule has 0 saturated carbocycles. The molecule has 1 aromatic heterocycles. The predicted molar refractivity (Wildman–Crippen MR) is 120 cm³/mol. The molecule has 152 valence electrons. The van der Waals surface area contributed by atoms with E-state index in [0.29, 0.717) is 6.04 Å². The number of aromatic nitrogens is 2. The van der Waals surface area contributed by atoms with Gasteiger partial charge in [0.15, 0.2) is 5.96 Å². The first kappa shape index (κ1) is 20.7. The molecule has 1 aromatic carbocycles. The quantitative estimate of drug-likeness (QED) is 0.528. The minimum absolute atomic E-state index is 0.389. The first-order chi connectivity index (χ1) is 13.5. The molecule has 1 aliphatic heterocycles. The van der Waals surface area contributed by atoms with E-state index in [-0.39, 0.29) is 0 Å². The summed E-state index contributed by atoms with van der Waals surface area (Å²) < 4.78 is 3.13. The number of hydrogen-bond donors (Lipinski definition) is 2. The fourth-order valence-electron chi connectivity index (χ4n) is 3.92. The van der Waals surface area contributed by atoms with Gasteiger partial charge < -0.3 is 15.5 Å². The van der Waals surface area contributed by atoms with Gasteiger partial charge in [0, 0.05) is 61.2 Å². The highest BCUT2D eigenvalue weighted by Crippen LogP contribution is 2.22. The fourth-order valence-corrected chi connectivity index (χ4v) is 4.18. The lowest BCUT2D eigenvalue weighted by atomic mass is 10.1. The Bertz CT molecular complexity index is 811. The van der Waals surface area contributed by atoms with Crippen molar-refractivity contribution >= 4 is 27.6 Å². The summed E-state index contributed by atoms with van der Waals surface area (Å²) in [6.45, 7) is 7.13. The lowest BCUT2D eigenvalue weighted by molar-refractivity contribution is 0.647. The molecule has 1 aliphatic rings. The Labute approximate surface area is 176 Å².